The fourth-order valence-electron chi connectivity index (χ4n) is 2.54. The van der Waals surface area contributed by atoms with E-state index >= 15 is 0 Å². The lowest BCUT2D eigenvalue weighted by Crippen LogP contribution is -2.44. The Labute approximate surface area is 121 Å². The second-order valence-corrected chi connectivity index (χ2v) is 5.19. The number of pyridine rings is 2. The lowest BCUT2D eigenvalue weighted by Gasteiger charge is -2.29. The van der Waals surface area contributed by atoms with Gasteiger partial charge in [0.1, 0.15) is 0 Å². The highest BCUT2D eigenvalue weighted by molar-refractivity contribution is 5.80. The predicted molar refractivity (Wildman–Crippen MR) is 82.0 cm³/mol. The van der Waals surface area contributed by atoms with Crippen molar-refractivity contribution in [2.24, 2.45) is 0 Å². The minimum absolute atomic E-state index is 0.235. The van der Waals surface area contributed by atoms with Crippen molar-refractivity contribution in [2.45, 2.75) is 6.92 Å². The molecule has 1 aliphatic rings. The van der Waals surface area contributed by atoms with Crippen molar-refractivity contribution in [1.29, 1.82) is 0 Å². The molecule has 0 radical (unpaired) electrons. The van der Waals surface area contributed by atoms with E-state index in [1.807, 2.05) is 11.8 Å². The molecule has 0 bridgehead atoms. The third-order valence-corrected chi connectivity index (χ3v) is 3.63. The van der Waals surface area contributed by atoms with E-state index in [-0.39, 0.29) is 10.8 Å². The van der Waals surface area contributed by atoms with Gasteiger partial charge in [0.2, 0.25) is 0 Å². The Hall–Kier alpha value is -2.21. The number of allylic oxidation sites excluding steroid dienone is 1. The summed E-state index contributed by atoms with van der Waals surface area (Å²) in [5.74, 6) is -0.162. The lowest BCUT2D eigenvalue weighted by atomic mass is 10.2. The predicted octanol–water partition coefficient (Wildman–Crippen LogP) is 1.44. The molecule has 3 heterocycles. The van der Waals surface area contributed by atoms with Crippen molar-refractivity contribution in [3.05, 3.63) is 40.9 Å². The van der Waals surface area contributed by atoms with Gasteiger partial charge in [0.15, 0.2) is 22.7 Å². The minimum atomic E-state index is -0.457. The molecule has 1 saturated heterocycles. The zero-order chi connectivity index (χ0) is 15.0. The molecule has 2 aromatic heterocycles. The molecule has 2 aromatic rings. The highest BCUT2D eigenvalue weighted by Gasteiger charge is 2.18. The van der Waals surface area contributed by atoms with Gasteiger partial charge in [-0.25, -0.2) is 9.37 Å². The van der Waals surface area contributed by atoms with Gasteiger partial charge in [0, 0.05) is 44.1 Å². The maximum Gasteiger partial charge on any atom is 0.191 e. The van der Waals surface area contributed by atoms with E-state index in [1.54, 1.807) is 10.8 Å². The first-order valence-electron chi connectivity index (χ1n) is 6.91. The van der Waals surface area contributed by atoms with Crippen LogP contribution >= 0.6 is 0 Å². The largest absolute Gasteiger partial charge is 0.352 e. The van der Waals surface area contributed by atoms with Crippen LogP contribution in [0.1, 0.15) is 6.92 Å². The number of anilines is 1. The SMILES string of the molecule is C=C(C)n1ccc(=O)c2cc(F)c(N3CCNCC3)nc21. The molecule has 1 N–H and O–H groups in total. The molecule has 110 valence electrons. The number of rotatable bonds is 2. The molecule has 6 heteroatoms. The molecule has 21 heavy (non-hydrogen) atoms. The number of hydrogen-bond acceptors (Lipinski definition) is 4. The van der Waals surface area contributed by atoms with Crippen LogP contribution in [0.5, 0.6) is 0 Å². The molecule has 0 unspecified atom stereocenters. The van der Waals surface area contributed by atoms with Gasteiger partial charge in [0.25, 0.3) is 0 Å². The van der Waals surface area contributed by atoms with Gasteiger partial charge in [-0.05, 0) is 13.0 Å². The molecule has 0 amide bonds. The van der Waals surface area contributed by atoms with Crippen LogP contribution in [0.4, 0.5) is 10.2 Å². The summed E-state index contributed by atoms with van der Waals surface area (Å²) in [6.45, 7) is 8.67. The average Bonchev–Trinajstić information content (AvgIpc) is 2.48. The molecule has 0 aromatic carbocycles. The number of aromatic nitrogens is 2. The average molecular weight is 288 g/mol. The molecular formula is C15H17FN4O. The monoisotopic (exact) mass is 288 g/mol. The smallest absolute Gasteiger partial charge is 0.191 e. The third-order valence-electron chi connectivity index (χ3n) is 3.63. The Morgan fingerprint density at radius 1 is 1.43 bits per heavy atom. The van der Waals surface area contributed by atoms with Crippen LogP contribution in [0.25, 0.3) is 16.7 Å². The van der Waals surface area contributed by atoms with Gasteiger partial charge in [-0.1, -0.05) is 6.58 Å². The van der Waals surface area contributed by atoms with E-state index in [2.05, 4.69) is 16.9 Å². The van der Waals surface area contributed by atoms with Gasteiger partial charge in [0.05, 0.1) is 5.39 Å². The van der Waals surface area contributed by atoms with Crippen molar-refractivity contribution in [1.82, 2.24) is 14.9 Å². The molecule has 0 aliphatic carbocycles. The van der Waals surface area contributed by atoms with Gasteiger partial charge >= 0.3 is 0 Å². The van der Waals surface area contributed by atoms with Crippen LogP contribution < -0.4 is 15.6 Å². The highest BCUT2D eigenvalue weighted by atomic mass is 19.1. The summed E-state index contributed by atoms with van der Waals surface area (Å²) in [6, 6.07) is 2.68. The van der Waals surface area contributed by atoms with Crippen molar-refractivity contribution in [3.63, 3.8) is 0 Å². The zero-order valence-corrected chi connectivity index (χ0v) is 11.9. The third kappa shape index (κ3) is 2.42. The molecule has 3 rings (SSSR count). The molecule has 0 spiro atoms. The maximum atomic E-state index is 14.3. The molecular weight excluding hydrogens is 271 g/mol. The van der Waals surface area contributed by atoms with Gasteiger partial charge < -0.3 is 14.8 Å². The molecule has 1 fully saturated rings. The van der Waals surface area contributed by atoms with Crippen LogP contribution in [-0.4, -0.2) is 35.7 Å². The van der Waals surface area contributed by atoms with E-state index < -0.39 is 5.82 Å². The Morgan fingerprint density at radius 3 is 2.81 bits per heavy atom. The summed E-state index contributed by atoms with van der Waals surface area (Å²) >= 11 is 0. The van der Waals surface area contributed by atoms with Crippen molar-refractivity contribution < 1.29 is 4.39 Å². The van der Waals surface area contributed by atoms with Crippen molar-refractivity contribution in [2.75, 3.05) is 31.1 Å². The van der Waals surface area contributed by atoms with E-state index in [4.69, 9.17) is 0 Å². The molecule has 5 nitrogen and oxygen atoms in total. The normalized spacial score (nSPS) is 15.4. The summed E-state index contributed by atoms with van der Waals surface area (Å²) in [4.78, 5) is 18.2. The number of fused-ring (bicyclic) bond motifs is 1. The fourth-order valence-corrected chi connectivity index (χ4v) is 2.54. The first-order chi connectivity index (χ1) is 10.1. The second-order valence-electron chi connectivity index (χ2n) is 5.19. The van der Waals surface area contributed by atoms with Crippen LogP contribution in [0.3, 0.4) is 0 Å². The summed E-state index contributed by atoms with van der Waals surface area (Å²) in [7, 11) is 0. The first kappa shape index (κ1) is 13.8. The highest BCUT2D eigenvalue weighted by Crippen LogP contribution is 2.22. The molecule has 0 atom stereocenters. The zero-order valence-electron chi connectivity index (χ0n) is 11.9. The van der Waals surface area contributed by atoms with Crippen molar-refractivity contribution >= 4 is 22.5 Å². The Morgan fingerprint density at radius 2 is 2.14 bits per heavy atom. The Balaban J connectivity index is 2.23. The van der Waals surface area contributed by atoms with Crippen LogP contribution in [0.15, 0.2) is 29.7 Å². The van der Waals surface area contributed by atoms with E-state index in [0.717, 1.165) is 18.8 Å². The fraction of sp³-hybridized carbons (Fsp3) is 0.333. The molecule has 0 saturated carbocycles. The number of nitrogens with one attached hydrogen (secondary N) is 1. The topological polar surface area (TPSA) is 50.2 Å². The van der Waals surface area contributed by atoms with E-state index in [0.29, 0.717) is 24.6 Å². The summed E-state index contributed by atoms with van der Waals surface area (Å²) in [5.41, 5.74) is 0.941. The summed E-state index contributed by atoms with van der Waals surface area (Å²) in [6.07, 6.45) is 1.62. The minimum Gasteiger partial charge on any atom is -0.352 e. The van der Waals surface area contributed by atoms with E-state index in [1.165, 1.54) is 12.1 Å². The van der Waals surface area contributed by atoms with Crippen LogP contribution in [0, 0.1) is 5.82 Å². The summed E-state index contributed by atoms with van der Waals surface area (Å²) < 4.78 is 16.0. The number of nitrogens with zero attached hydrogens (tertiary/aromatic N) is 3. The molecule has 1 aliphatic heterocycles. The quantitative estimate of drug-likeness (QED) is 0.908. The second kappa shape index (κ2) is 5.29. The standard InChI is InChI=1S/C15H17FN4O/c1-10(2)20-6-3-13(21)11-9-12(16)15(18-14(11)20)19-7-4-17-5-8-19/h3,6,9,17H,1,4-5,7-8H2,2H3. The van der Waals surface area contributed by atoms with Gasteiger partial charge in [-0.15, -0.1) is 0 Å². The number of piperazine rings is 1. The lowest BCUT2D eigenvalue weighted by molar-refractivity contribution is 0.560. The van der Waals surface area contributed by atoms with Crippen molar-refractivity contribution in [3.8, 4) is 0 Å². The van der Waals surface area contributed by atoms with Gasteiger partial charge in [-0.2, -0.15) is 0 Å². The number of hydrogen-bond donors (Lipinski definition) is 1. The first-order valence-corrected chi connectivity index (χ1v) is 6.91. The number of halogens is 1. The van der Waals surface area contributed by atoms with Crippen LogP contribution in [0.2, 0.25) is 0 Å². The Bertz CT molecular complexity index is 762. The van der Waals surface area contributed by atoms with Gasteiger partial charge in [-0.3, -0.25) is 4.79 Å². The Kier molecular flexibility index (Phi) is 3.47. The summed E-state index contributed by atoms with van der Waals surface area (Å²) in [5, 5.41) is 3.49. The van der Waals surface area contributed by atoms with Crippen LogP contribution in [-0.2, 0) is 0 Å². The van der Waals surface area contributed by atoms with E-state index in [9.17, 15) is 9.18 Å². The maximum absolute atomic E-state index is 14.3.